The standard InChI is InChI=1S/C14H22FN3/c1-10(2)18-4-3-11(9-18)8-17-14-6-12(15)5-13(16)7-14/h5-7,10-11,17H,3-4,8-9,16H2,1-2H3. The van der Waals surface area contributed by atoms with Crippen molar-refractivity contribution < 1.29 is 4.39 Å². The topological polar surface area (TPSA) is 41.3 Å². The molecule has 1 aliphatic rings. The molecule has 18 heavy (non-hydrogen) atoms. The fourth-order valence-corrected chi connectivity index (χ4v) is 2.47. The van der Waals surface area contributed by atoms with Crippen LogP contribution in [0.1, 0.15) is 20.3 Å². The molecule has 1 aromatic rings. The van der Waals surface area contributed by atoms with E-state index < -0.39 is 0 Å². The summed E-state index contributed by atoms with van der Waals surface area (Å²) in [6.07, 6.45) is 1.20. The predicted octanol–water partition coefficient (Wildman–Crippen LogP) is 2.55. The highest BCUT2D eigenvalue weighted by atomic mass is 19.1. The second-order valence-electron chi connectivity index (χ2n) is 5.40. The maximum absolute atomic E-state index is 13.2. The van der Waals surface area contributed by atoms with Gasteiger partial charge in [0.1, 0.15) is 5.82 Å². The Kier molecular flexibility index (Phi) is 4.07. The van der Waals surface area contributed by atoms with Gasteiger partial charge in [-0.1, -0.05) is 0 Å². The smallest absolute Gasteiger partial charge is 0.127 e. The molecule has 1 atom stereocenters. The van der Waals surface area contributed by atoms with E-state index in [9.17, 15) is 4.39 Å². The van der Waals surface area contributed by atoms with Gasteiger partial charge in [-0.3, -0.25) is 0 Å². The molecule has 1 aliphatic heterocycles. The molecule has 0 radical (unpaired) electrons. The van der Waals surface area contributed by atoms with Crippen LogP contribution in [0.2, 0.25) is 0 Å². The lowest BCUT2D eigenvalue weighted by Gasteiger charge is -2.20. The lowest BCUT2D eigenvalue weighted by molar-refractivity contribution is 0.266. The number of anilines is 2. The van der Waals surface area contributed by atoms with Gasteiger partial charge in [0.15, 0.2) is 0 Å². The lowest BCUT2D eigenvalue weighted by Crippen LogP contribution is -2.29. The third-order valence-corrected chi connectivity index (χ3v) is 3.56. The van der Waals surface area contributed by atoms with Crippen molar-refractivity contribution in [3.8, 4) is 0 Å². The van der Waals surface area contributed by atoms with Gasteiger partial charge in [0.2, 0.25) is 0 Å². The summed E-state index contributed by atoms with van der Waals surface area (Å²) in [6, 6.07) is 5.21. The van der Waals surface area contributed by atoms with Crippen molar-refractivity contribution >= 4 is 11.4 Å². The van der Waals surface area contributed by atoms with E-state index in [1.165, 1.54) is 18.6 Å². The first kappa shape index (κ1) is 13.1. The largest absolute Gasteiger partial charge is 0.399 e. The molecular formula is C14H22FN3. The van der Waals surface area contributed by atoms with E-state index in [1.54, 1.807) is 6.07 Å². The van der Waals surface area contributed by atoms with E-state index in [0.29, 0.717) is 17.6 Å². The highest BCUT2D eigenvalue weighted by Crippen LogP contribution is 2.20. The number of likely N-dealkylation sites (tertiary alicyclic amines) is 1. The number of nitrogens with one attached hydrogen (secondary N) is 1. The Morgan fingerprint density at radius 3 is 2.83 bits per heavy atom. The normalized spacial score (nSPS) is 20.6. The Labute approximate surface area is 108 Å². The average molecular weight is 251 g/mol. The van der Waals surface area contributed by atoms with Gasteiger partial charge < -0.3 is 16.0 Å². The first-order chi connectivity index (χ1) is 8.54. The van der Waals surface area contributed by atoms with Gasteiger partial charge in [-0.15, -0.1) is 0 Å². The number of hydrogen-bond donors (Lipinski definition) is 2. The summed E-state index contributed by atoms with van der Waals surface area (Å²) < 4.78 is 13.2. The van der Waals surface area contributed by atoms with Crippen molar-refractivity contribution in [2.24, 2.45) is 5.92 Å². The summed E-state index contributed by atoms with van der Waals surface area (Å²) in [5.74, 6) is 0.352. The van der Waals surface area contributed by atoms with Gasteiger partial charge in [-0.2, -0.15) is 0 Å². The van der Waals surface area contributed by atoms with Crippen LogP contribution in [0.3, 0.4) is 0 Å². The summed E-state index contributed by atoms with van der Waals surface area (Å²) in [5, 5.41) is 3.28. The maximum atomic E-state index is 13.2. The monoisotopic (exact) mass is 251 g/mol. The minimum absolute atomic E-state index is 0.285. The number of nitrogens with two attached hydrogens (primary N) is 1. The van der Waals surface area contributed by atoms with Crippen LogP contribution in [0.25, 0.3) is 0 Å². The number of hydrogen-bond acceptors (Lipinski definition) is 3. The first-order valence-electron chi connectivity index (χ1n) is 6.58. The van der Waals surface area contributed by atoms with E-state index in [1.807, 2.05) is 0 Å². The van der Waals surface area contributed by atoms with Crippen molar-refractivity contribution in [1.29, 1.82) is 0 Å². The first-order valence-corrected chi connectivity index (χ1v) is 6.58. The average Bonchev–Trinajstić information content (AvgIpc) is 2.73. The second kappa shape index (κ2) is 5.57. The quantitative estimate of drug-likeness (QED) is 0.808. The van der Waals surface area contributed by atoms with Crippen molar-refractivity contribution in [3.63, 3.8) is 0 Å². The Balaban J connectivity index is 1.85. The Bertz CT molecular complexity index is 386. The van der Waals surface area contributed by atoms with Crippen LogP contribution in [0.4, 0.5) is 15.8 Å². The molecule has 0 aliphatic carbocycles. The Hall–Kier alpha value is -1.29. The molecule has 1 unspecified atom stereocenters. The summed E-state index contributed by atoms with van der Waals surface area (Å²) in [6.45, 7) is 7.61. The van der Waals surface area contributed by atoms with Crippen molar-refractivity contribution in [1.82, 2.24) is 4.90 Å². The molecule has 0 saturated carbocycles. The van der Waals surface area contributed by atoms with Gasteiger partial charge in [-0.25, -0.2) is 4.39 Å². The van der Waals surface area contributed by atoms with Crippen LogP contribution in [-0.2, 0) is 0 Å². The fraction of sp³-hybridized carbons (Fsp3) is 0.571. The molecule has 3 nitrogen and oxygen atoms in total. The third-order valence-electron chi connectivity index (χ3n) is 3.56. The number of nitrogens with zero attached hydrogens (tertiary/aromatic N) is 1. The van der Waals surface area contributed by atoms with Gasteiger partial charge in [-0.05, 0) is 50.9 Å². The molecule has 0 amide bonds. The predicted molar refractivity (Wildman–Crippen MR) is 74.1 cm³/mol. The fourth-order valence-electron chi connectivity index (χ4n) is 2.47. The van der Waals surface area contributed by atoms with Gasteiger partial charge in [0.05, 0.1) is 0 Å². The molecule has 1 heterocycles. The second-order valence-corrected chi connectivity index (χ2v) is 5.40. The third kappa shape index (κ3) is 3.35. The van der Waals surface area contributed by atoms with Gasteiger partial charge in [0, 0.05) is 30.5 Å². The van der Waals surface area contributed by atoms with E-state index >= 15 is 0 Å². The van der Waals surface area contributed by atoms with E-state index in [-0.39, 0.29) is 5.82 Å². The van der Waals surface area contributed by atoms with E-state index in [0.717, 1.165) is 25.3 Å². The van der Waals surface area contributed by atoms with Crippen LogP contribution in [0.5, 0.6) is 0 Å². The molecule has 0 aromatic heterocycles. The van der Waals surface area contributed by atoms with Crippen molar-refractivity contribution in [3.05, 3.63) is 24.0 Å². The molecule has 0 spiro atoms. The lowest BCUT2D eigenvalue weighted by atomic mass is 10.1. The highest BCUT2D eigenvalue weighted by Gasteiger charge is 2.23. The highest BCUT2D eigenvalue weighted by molar-refractivity contribution is 5.54. The molecule has 1 saturated heterocycles. The van der Waals surface area contributed by atoms with Crippen LogP contribution >= 0.6 is 0 Å². The summed E-state index contributed by atoms with van der Waals surface area (Å²) in [7, 11) is 0. The van der Waals surface area contributed by atoms with Crippen LogP contribution in [0.15, 0.2) is 18.2 Å². The van der Waals surface area contributed by atoms with Gasteiger partial charge >= 0.3 is 0 Å². The van der Waals surface area contributed by atoms with Gasteiger partial charge in [0.25, 0.3) is 0 Å². The van der Waals surface area contributed by atoms with E-state index in [2.05, 4.69) is 24.1 Å². The van der Waals surface area contributed by atoms with E-state index in [4.69, 9.17) is 5.73 Å². The SMILES string of the molecule is CC(C)N1CCC(CNc2cc(N)cc(F)c2)C1. The van der Waals surface area contributed by atoms with Crippen LogP contribution < -0.4 is 11.1 Å². The number of rotatable bonds is 4. The minimum atomic E-state index is -0.285. The Morgan fingerprint density at radius 2 is 2.22 bits per heavy atom. The molecule has 2 rings (SSSR count). The summed E-state index contributed by atoms with van der Waals surface area (Å²) in [4.78, 5) is 2.48. The zero-order chi connectivity index (χ0) is 13.1. The summed E-state index contributed by atoms with van der Waals surface area (Å²) in [5.41, 5.74) is 6.86. The molecular weight excluding hydrogens is 229 g/mol. The molecule has 0 bridgehead atoms. The molecule has 1 aromatic carbocycles. The number of nitrogen functional groups attached to an aromatic ring is 1. The van der Waals surface area contributed by atoms with Crippen LogP contribution in [0, 0.1) is 11.7 Å². The summed E-state index contributed by atoms with van der Waals surface area (Å²) >= 11 is 0. The van der Waals surface area contributed by atoms with Crippen molar-refractivity contribution in [2.75, 3.05) is 30.7 Å². The van der Waals surface area contributed by atoms with Crippen molar-refractivity contribution in [2.45, 2.75) is 26.3 Å². The zero-order valence-corrected chi connectivity index (χ0v) is 11.1. The molecule has 100 valence electrons. The zero-order valence-electron chi connectivity index (χ0n) is 11.1. The molecule has 4 heteroatoms. The maximum Gasteiger partial charge on any atom is 0.127 e. The minimum Gasteiger partial charge on any atom is -0.399 e. The number of benzene rings is 1. The Morgan fingerprint density at radius 1 is 1.44 bits per heavy atom. The molecule has 3 N–H and O–H groups in total. The van der Waals surface area contributed by atoms with Crippen LogP contribution in [-0.4, -0.2) is 30.6 Å². The molecule has 1 fully saturated rings. The number of halogens is 1.